The molecule has 4 aromatic rings. The fourth-order valence-electron chi connectivity index (χ4n) is 4.81. The molecule has 0 N–H and O–H groups in total. The second kappa shape index (κ2) is 13.4. The Morgan fingerprint density at radius 1 is 0.421 bits per heavy atom. The Morgan fingerprint density at radius 2 is 0.711 bits per heavy atom. The molecule has 0 unspecified atom stereocenters. The summed E-state index contributed by atoms with van der Waals surface area (Å²) in [6.45, 7) is 12.8. The molecule has 4 aromatic carbocycles. The van der Waals surface area contributed by atoms with Gasteiger partial charge in [-0.2, -0.15) is 0 Å². The van der Waals surface area contributed by atoms with Gasteiger partial charge in [-0.05, 0) is 74.2 Å². The first-order valence-corrected chi connectivity index (χ1v) is 13.8. The standard InChI is InChI=1S/C36H38N2/c1-5-37(6-2)33-23-19-31(20-24-33)36(32-21-25-34(26-22-32)38(7-3)8-4)28-27-35(29-15-11-9-12-16-29)30-17-13-10-14-18-30/h9-26H,5-8H2,1-4H3. The zero-order chi connectivity index (χ0) is 26.7. The number of anilines is 2. The Balaban J connectivity index is 1.92. The van der Waals surface area contributed by atoms with E-state index in [1.807, 2.05) is 12.1 Å². The zero-order valence-corrected chi connectivity index (χ0v) is 23.1. The molecule has 2 nitrogen and oxygen atoms in total. The molecular weight excluding hydrogens is 460 g/mol. The van der Waals surface area contributed by atoms with Gasteiger partial charge in [-0.15, -0.1) is 0 Å². The van der Waals surface area contributed by atoms with E-state index in [-0.39, 0.29) is 0 Å². The third-order valence-corrected chi connectivity index (χ3v) is 7.01. The lowest BCUT2D eigenvalue weighted by Gasteiger charge is -2.22. The van der Waals surface area contributed by atoms with E-state index >= 15 is 0 Å². The van der Waals surface area contributed by atoms with Crippen LogP contribution in [0.25, 0.3) is 11.1 Å². The average molecular weight is 499 g/mol. The summed E-state index contributed by atoms with van der Waals surface area (Å²) in [6, 6.07) is 38.6. The third kappa shape index (κ3) is 6.36. The number of hydrogen-bond acceptors (Lipinski definition) is 2. The first kappa shape index (κ1) is 26.8. The summed E-state index contributed by atoms with van der Waals surface area (Å²) in [5.74, 6) is 0. The average Bonchev–Trinajstić information content (AvgIpc) is 2.99. The van der Waals surface area contributed by atoms with E-state index in [1.165, 1.54) is 11.4 Å². The largest absolute Gasteiger partial charge is 0.372 e. The van der Waals surface area contributed by atoms with Crippen LogP contribution in [0.1, 0.15) is 49.9 Å². The number of hydrogen-bond donors (Lipinski definition) is 0. The van der Waals surface area contributed by atoms with Crippen LogP contribution in [-0.4, -0.2) is 26.2 Å². The Labute approximate surface area is 228 Å². The molecule has 4 rings (SSSR count). The van der Waals surface area contributed by atoms with Gasteiger partial charge in [-0.3, -0.25) is 0 Å². The minimum absolute atomic E-state index is 0.992. The minimum Gasteiger partial charge on any atom is -0.372 e. The quantitative estimate of drug-likeness (QED) is 0.202. The predicted octanol–water partition coefficient (Wildman–Crippen LogP) is 8.70. The molecule has 0 aliphatic carbocycles. The van der Waals surface area contributed by atoms with E-state index in [0.29, 0.717) is 0 Å². The fourth-order valence-corrected chi connectivity index (χ4v) is 4.81. The highest BCUT2D eigenvalue weighted by Gasteiger charge is 2.09. The van der Waals surface area contributed by atoms with Crippen molar-refractivity contribution in [3.8, 4) is 0 Å². The van der Waals surface area contributed by atoms with Crippen molar-refractivity contribution in [2.75, 3.05) is 36.0 Å². The van der Waals surface area contributed by atoms with Gasteiger partial charge in [0.2, 0.25) is 0 Å². The van der Waals surface area contributed by atoms with Crippen molar-refractivity contribution in [2.24, 2.45) is 0 Å². The van der Waals surface area contributed by atoms with E-state index in [0.717, 1.165) is 59.6 Å². The van der Waals surface area contributed by atoms with Gasteiger partial charge in [-0.25, -0.2) is 0 Å². The highest BCUT2D eigenvalue weighted by Crippen LogP contribution is 2.28. The summed E-state index contributed by atoms with van der Waals surface area (Å²) in [5, 5.41) is 0. The monoisotopic (exact) mass is 498 g/mol. The zero-order valence-electron chi connectivity index (χ0n) is 23.1. The Kier molecular flexibility index (Phi) is 9.43. The summed E-state index contributed by atoms with van der Waals surface area (Å²) in [5.41, 5.74) is 16.2. The van der Waals surface area contributed by atoms with Gasteiger partial charge < -0.3 is 9.80 Å². The Morgan fingerprint density at radius 3 is 1.00 bits per heavy atom. The van der Waals surface area contributed by atoms with E-state index in [1.54, 1.807) is 0 Å². The van der Waals surface area contributed by atoms with Crippen molar-refractivity contribution in [2.45, 2.75) is 27.7 Å². The molecule has 0 saturated carbocycles. The number of rotatable bonds is 10. The molecule has 0 atom stereocenters. The topological polar surface area (TPSA) is 6.48 Å². The maximum absolute atomic E-state index is 3.61. The van der Waals surface area contributed by atoms with Crippen LogP contribution >= 0.6 is 0 Å². The molecule has 38 heavy (non-hydrogen) atoms. The highest BCUT2D eigenvalue weighted by atomic mass is 15.1. The predicted molar refractivity (Wildman–Crippen MR) is 165 cm³/mol. The molecule has 0 aliphatic heterocycles. The minimum atomic E-state index is 0.992. The van der Waals surface area contributed by atoms with Crippen LogP contribution in [0.4, 0.5) is 11.4 Å². The maximum atomic E-state index is 3.61. The number of nitrogens with zero attached hydrogens (tertiary/aromatic N) is 2. The third-order valence-electron chi connectivity index (χ3n) is 7.01. The Bertz CT molecular complexity index is 1280. The van der Waals surface area contributed by atoms with Crippen LogP contribution in [-0.2, 0) is 0 Å². The van der Waals surface area contributed by atoms with Gasteiger partial charge in [0, 0.05) is 48.7 Å². The lowest BCUT2D eigenvalue weighted by molar-refractivity contribution is 0.866. The van der Waals surface area contributed by atoms with Gasteiger partial charge in [0.15, 0.2) is 0 Å². The van der Waals surface area contributed by atoms with E-state index in [2.05, 4.69) is 146 Å². The molecule has 0 saturated heterocycles. The maximum Gasteiger partial charge on any atom is 0.0393 e. The lowest BCUT2D eigenvalue weighted by Crippen LogP contribution is -2.21. The van der Waals surface area contributed by atoms with Crippen LogP contribution in [0, 0.1) is 0 Å². The molecule has 0 aliphatic rings. The van der Waals surface area contributed by atoms with Crippen molar-refractivity contribution in [3.63, 3.8) is 0 Å². The SMILES string of the molecule is CCN(CC)c1ccc(C(=C=C=C(c2ccccc2)c2ccccc2)c2ccc(N(CC)CC)cc2)cc1. The number of benzene rings is 4. The van der Waals surface area contributed by atoms with Crippen molar-refractivity contribution in [1.29, 1.82) is 0 Å². The van der Waals surface area contributed by atoms with Crippen LogP contribution < -0.4 is 9.80 Å². The molecule has 0 aromatic heterocycles. The van der Waals surface area contributed by atoms with Crippen molar-refractivity contribution in [3.05, 3.63) is 143 Å². The van der Waals surface area contributed by atoms with Crippen molar-refractivity contribution < 1.29 is 0 Å². The van der Waals surface area contributed by atoms with Gasteiger partial charge in [0.1, 0.15) is 0 Å². The van der Waals surface area contributed by atoms with Crippen LogP contribution in [0.15, 0.2) is 121 Å². The lowest BCUT2D eigenvalue weighted by atomic mass is 9.96. The summed E-state index contributed by atoms with van der Waals surface area (Å²) in [4.78, 5) is 4.73. The summed E-state index contributed by atoms with van der Waals surface area (Å²) in [6.07, 6.45) is 0. The Hall–Kier alpha value is -4.22. The molecule has 0 fully saturated rings. The summed E-state index contributed by atoms with van der Waals surface area (Å²) < 4.78 is 0. The van der Waals surface area contributed by atoms with Gasteiger partial charge in [0.05, 0.1) is 0 Å². The van der Waals surface area contributed by atoms with E-state index in [4.69, 9.17) is 0 Å². The summed E-state index contributed by atoms with van der Waals surface area (Å²) >= 11 is 0. The molecule has 0 amide bonds. The van der Waals surface area contributed by atoms with Crippen molar-refractivity contribution in [1.82, 2.24) is 0 Å². The van der Waals surface area contributed by atoms with E-state index < -0.39 is 0 Å². The first-order chi connectivity index (χ1) is 18.7. The molecule has 2 heteroatoms. The van der Waals surface area contributed by atoms with E-state index in [9.17, 15) is 0 Å². The van der Waals surface area contributed by atoms with Crippen molar-refractivity contribution >= 4 is 22.5 Å². The second-order valence-corrected chi connectivity index (χ2v) is 9.17. The normalized spacial score (nSPS) is 10.3. The van der Waals surface area contributed by atoms with Gasteiger partial charge in [0.25, 0.3) is 0 Å². The molecule has 192 valence electrons. The smallest absolute Gasteiger partial charge is 0.0393 e. The molecule has 0 radical (unpaired) electrons. The summed E-state index contributed by atoms with van der Waals surface area (Å²) in [7, 11) is 0. The first-order valence-electron chi connectivity index (χ1n) is 13.8. The van der Waals surface area contributed by atoms with Gasteiger partial charge >= 0.3 is 0 Å². The van der Waals surface area contributed by atoms with Gasteiger partial charge in [-0.1, -0.05) is 96.4 Å². The van der Waals surface area contributed by atoms with Crippen LogP contribution in [0.3, 0.4) is 0 Å². The molecule has 0 spiro atoms. The van der Waals surface area contributed by atoms with Crippen LogP contribution in [0.2, 0.25) is 0 Å². The van der Waals surface area contributed by atoms with Crippen LogP contribution in [0.5, 0.6) is 0 Å². The molecule has 0 heterocycles. The molecular formula is C36H38N2. The highest BCUT2D eigenvalue weighted by molar-refractivity contribution is 5.83. The molecule has 0 bridgehead atoms. The fraction of sp³-hybridized carbons (Fsp3) is 0.222. The second-order valence-electron chi connectivity index (χ2n) is 9.17.